The van der Waals surface area contributed by atoms with Crippen LogP contribution in [0.2, 0.25) is 0 Å². The monoisotopic (exact) mass is 413 g/mol. The fraction of sp³-hybridized carbons (Fsp3) is 0.500. The van der Waals surface area contributed by atoms with Crippen molar-refractivity contribution in [2.75, 3.05) is 19.1 Å². The molecule has 0 heterocycles. The third kappa shape index (κ3) is 5.81. The summed E-state index contributed by atoms with van der Waals surface area (Å²) >= 11 is 6.86. The number of hydrogen-bond acceptors (Lipinski definition) is 4. The van der Waals surface area contributed by atoms with Crippen molar-refractivity contribution in [3.05, 3.63) is 26.6 Å². The Morgan fingerprint density at radius 1 is 1.37 bits per heavy atom. The number of sulfone groups is 1. The lowest BCUT2D eigenvalue weighted by Crippen LogP contribution is -2.32. The standard InChI is InChI=1S/C12H17Br2NO3S/c1-8(7-19(3,16)17)15-6-9-4-10(13)5-11(14)12(9)18-2/h4-5,8,15H,6-7H2,1-3H3. The topological polar surface area (TPSA) is 55.4 Å². The average Bonchev–Trinajstić information content (AvgIpc) is 2.23. The van der Waals surface area contributed by atoms with E-state index in [2.05, 4.69) is 37.2 Å². The first-order valence-electron chi connectivity index (χ1n) is 5.66. The molecule has 1 unspecified atom stereocenters. The van der Waals surface area contributed by atoms with Crippen LogP contribution in [-0.2, 0) is 16.4 Å². The highest BCUT2D eigenvalue weighted by molar-refractivity contribution is 9.11. The van der Waals surface area contributed by atoms with Crippen molar-refractivity contribution in [2.24, 2.45) is 0 Å². The number of halogens is 2. The van der Waals surface area contributed by atoms with E-state index in [0.717, 1.165) is 20.3 Å². The van der Waals surface area contributed by atoms with Crippen LogP contribution in [-0.4, -0.2) is 33.6 Å². The molecule has 0 amide bonds. The van der Waals surface area contributed by atoms with E-state index in [1.807, 2.05) is 19.1 Å². The zero-order valence-electron chi connectivity index (χ0n) is 11.0. The minimum Gasteiger partial charge on any atom is -0.495 e. The summed E-state index contributed by atoms with van der Waals surface area (Å²) in [6, 6.07) is 3.74. The summed E-state index contributed by atoms with van der Waals surface area (Å²) in [4.78, 5) is 0. The molecular formula is C12H17Br2NO3S. The Balaban J connectivity index is 2.77. The van der Waals surface area contributed by atoms with Gasteiger partial charge in [0.25, 0.3) is 0 Å². The van der Waals surface area contributed by atoms with Gasteiger partial charge in [-0.05, 0) is 35.0 Å². The predicted octanol–water partition coefficient (Wildman–Crippen LogP) is 2.74. The zero-order chi connectivity index (χ0) is 14.6. The van der Waals surface area contributed by atoms with Crippen LogP contribution in [0.5, 0.6) is 5.75 Å². The molecule has 1 N–H and O–H groups in total. The van der Waals surface area contributed by atoms with Crippen LogP contribution < -0.4 is 10.1 Å². The molecule has 108 valence electrons. The molecule has 0 aliphatic rings. The Kier molecular flexibility index (Phi) is 6.29. The van der Waals surface area contributed by atoms with Crippen LogP contribution in [0.1, 0.15) is 12.5 Å². The minimum absolute atomic E-state index is 0.113. The van der Waals surface area contributed by atoms with Crippen molar-refractivity contribution in [1.29, 1.82) is 0 Å². The van der Waals surface area contributed by atoms with Crippen molar-refractivity contribution >= 4 is 41.7 Å². The van der Waals surface area contributed by atoms with Gasteiger partial charge < -0.3 is 10.1 Å². The Hall–Kier alpha value is -0.110. The van der Waals surface area contributed by atoms with Gasteiger partial charge in [0.1, 0.15) is 15.6 Å². The van der Waals surface area contributed by atoms with Crippen molar-refractivity contribution in [1.82, 2.24) is 5.32 Å². The van der Waals surface area contributed by atoms with Crippen LogP contribution >= 0.6 is 31.9 Å². The lowest BCUT2D eigenvalue weighted by Gasteiger charge is -2.16. The van der Waals surface area contributed by atoms with Crippen LogP contribution in [0.3, 0.4) is 0 Å². The maximum absolute atomic E-state index is 11.2. The normalized spacial score (nSPS) is 13.3. The summed E-state index contributed by atoms with van der Waals surface area (Å²) in [6.07, 6.45) is 1.24. The SMILES string of the molecule is COc1c(Br)cc(Br)cc1CNC(C)CS(C)(=O)=O. The second-order valence-corrected chi connectivity index (χ2v) is 8.41. The predicted molar refractivity (Wildman–Crippen MR) is 84.4 cm³/mol. The third-order valence-electron chi connectivity index (χ3n) is 2.48. The second-order valence-electron chi connectivity index (χ2n) is 4.45. The first-order valence-corrected chi connectivity index (χ1v) is 9.30. The van der Waals surface area contributed by atoms with Gasteiger partial charge in [0.15, 0.2) is 0 Å². The molecule has 0 saturated carbocycles. The van der Waals surface area contributed by atoms with Crippen molar-refractivity contribution in [3.63, 3.8) is 0 Å². The molecule has 1 aromatic rings. The number of ether oxygens (including phenoxy) is 1. The number of methoxy groups -OCH3 is 1. The Bertz CT molecular complexity index is 546. The molecule has 0 bridgehead atoms. The first kappa shape index (κ1) is 16.9. The summed E-state index contributed by atoms with van der Waals surface area (Å²) < 4.78 is 29.5. The highest BCUT2D eigenvalue weighted by Crippen LogP contribution is 2.32. The number of hydrogen-bond donors (Lipinski definition) is 1. The molecule has 0 aliphatic carbocycles. The number of nitrogens with one attached hydrogen (secondary N) is 1. The molecule has 7 heteroatoms. The maximum Gasteiger partial charge on any atom is 0.148 e. The molecule has 0 radical (unpaired) electrons. The van der Waals surface area contributed by atoms with Gasteiger partial charge in [-0.3, -0.25) is 0 Å². The zero-order valence-corrected chi connectivity index (χ0v) is 15.0. The quantitative estimate of drug-likeness (QED) is 0.777. The summed E-state index contributed by atoms with van der Waals surface area (Å²) in [7, 11) is -1.36. The second kappa shape index (κ2) is 7.06. The lowest BCUT2D eigenvalue weighted by molar-refractivity contribution is 0.403. The van der Waals surface area contributed by atoms with Gasteiger partial charge in [0.2, 0.25) is 0 Å². The van der Waals surface area contributed by atoms with E-state index in [-0.39, 0.29) is 11.8 Å². The van der Waals surface area contributed by atoms with Crippen LogP contribution in [0.15, 0.2) is 21.1 Å². The van der Waals surface area contributed by atoms with Crippen molar-refractivity contribution in [2.45, 2.75) is 19.5 Å². The van der Waals surface area contributed by atoms with E-state index in [1.54, 1.807) is 7.11 Å². The third-order valence-corrected chi connectivity index (χ3v) is 4.64. The molecule has 0 aliphatic heterocycles. The van der Waals surface area contributed by atoms with Gasteiger partial charge in [0, 0.05) is 28.9 Å². The Labute approximate surface area is 131 Å². The molecule has 1 aromatic carbocycles. The fourth-order valence-corrected chi connectivity index (χ4v) is 4.27. The van der Waals surface area contributed by atoms with E-state index >= 15 is 0 Å². The lowest BCUT2D eigenvalue weighted by atomic mass is 10.2. The van der Waals surface area contributed by atoms with Gasteiger partial charge in [-0.25, -0.2) is 8.42 Å². The smallest absolute Gasteiger partial charge is 0.148 e. The van der Waals surface area contributed by atoms with Gasteiger partial charge in [-0.1, -0.05) is 15.9 Å². The van der Waals surface area contributed by atoms with E-state index in [9.17, 15) is 8.42 Å². The van der Waals surface area contributed by atoms with E-state index in [4.69, 9.17) is 4.74 Å². The molecule has 0 saturated heterocycles. The van der Waals surface area contributed by atoms with Crippen LogP contribution in [0.4, 0.5) is 0 Å². The average molecular weight is 415 g/mol. The molecule has 1 rings (SSSR count). The van der Waals surface area contributed by atoms with Gasteiger partial charge in [-0.15, -0.1) is 0 Å². The van der Waals surface area contributed by atoms with Crippen LogP contribution in [0, 0.1) is 0 Å². The van der Waals surface area contributed by atoms with Crippen LogP contribution in [0.25, 0.3) is 0 Å². The molecule has 1 atom stereocenters. The van der Waals surface area contributed by atoms with Crippen molar-refractivity contribution < 1.29 is 13.2 Å². The van der Waals surface area contributed by atoms with Gasteiger partial charge in [-0.2, -0.15) is 0 Å². The Morgan fingerprint density at radius 2 is 2.00 bits per heavy atom. The van der Waals surface area contributed by atoms with E-state index < -0.39 is 9.84 Å². The van der Waals surface area contributed by atoms with Gasteiger partial charge >= 0.3 is 0 Å². The highest BCUT2D eigenvalue weighted by Gasteiger charge is 2.13. The largest absolute Gasteiger partial charge is 0.495 e. The molecule has 4 nitrogen and oxygen atoms in total. The van der Waals surface area contributed by atoms with E-state index in [1.165, 1.54) is 6.26 Å². The molecule has 19 heavy (non-hydrogen) atoms. The summed E-state index contributed by atoms with van der Waals surface area (Å²) in [5.41, 5.74) is 0.962. The summed E-state index contributed by atoms with van der Waals surface area (Å²) in [5, 5.41) is 3.18. The molecule has 0 spiro atoms. The minimum atomic E-state index is -2.97. The molecule has 0 fully saturated rings. The number of benzene rings is 1. The highest BCUT2D eigenvalue weighted by atomic mass is 79.9. The van der Waals surface area contributed by atoms with Gasteiger partial charge in [0.05, 0.1) is 17.3 Å². The Morgan fingerprint density at radius 3 is 2.53 bits per heavy atom. The fourth-order valence-electron chi connectivity index (χ4n) is 1.77. The van der Waals surface area contributed by atoms with Crippen molar-refractivity contribution in [3.8, 4) is 5.75 Å². The molecular weight excluding hydrogens is 398 g/mol. The summed E-state index contributed by atoms with van der Waals surface area (Å²) in [6.45, 7) is 2.39. The number of rotatable bonds is 6. The molecule has 0 aromatic heterocycles. The first-order chi connectivity index (χ1) is 8.73. The maximum atomic E-state index is 11.2. The summed E-state index contributed by atoms with van der Waals surface area (Å²) in [5.74, 6) is 0.868. The van der Waals surface area contributed by atoms with E-state index in [0.29, 0.717) is 6.54 Å².